The van der Waals surface area contributed by atoms with Crippen LogP contribution in [-0.2, 0) is 13.2 Å². The van der Waals surface area contributed by atoms with E-state index in [4.69, 9.17) is 32.7 Å². The Morgan fingerprint density at radius 3 is 2.69 bits per heavy atom. The zero-order chi connectivity index (χ0) is 18.4. The van der Waals surface area contributed by atoms with Crippen LogP contribution in [0.5, 0.6) is 11.5 Å². The summed E-state index contributed by atoms with van der Waals surface area (Å²) in [5.74, 6) is 1.13. The number of thiazole rings is 1. The van der Waals surface area contributed by atoms with Gasteiger partial charge in [0.1, 0.15) is 6.61 Å². The van der Waals surface area contributed by atoms with Gasteiger partial charge in [-0.15, -0.1) is 11.3 Å². The van der Waals surface area contributed by atoms with Gasteiger partial charge >= 0.3 is 0 Å². The monoisotopic (exact) mass is 408 g/mol. The van der Waals surface area contributed by atoms with Crippen molar-refractivity contribution >= 4 is 39.7 Å². The van der Waals surface area contributed by atoms with E-state index in [1.54, 1.807) is 17.5 Å². The van der Waals surface area contributed by atoms with Gasteiger partial charge in [-0.05, 0) is 30.7 Å². The smallest absolute Gasteiger partial charge is 0.182 e. The zero-order valence-corrected chi connectivity index (χ0v) is 16.5. The minimum atomic E-state index is 0.316. The predicted octanol–water partition coefficient (Wildman–Crippen LogP) is 6.04. The van der Waals surface area contributed by atoms with E-state index in [-0.39, 0.29) is 0 Å². The van der Waals surface area contributed by atoms with E-state index in [1.807, 2.05) is 48.7 Å². The Hall–Kier alpha value is -1.95. The van der Waals surface area contributed by atoms with Gasteiger partial charge < -0.3 is 14.8 Å². The van der Waals surface area contributed by atoms with E-state index in [1.165, 1.54) is 0 Å². The molecule has 26 heavy (non-hydrogen) atoms. The van der Waals surface area contributed by atoms with Crippen molar-refractivity contribution in [1.29, 1.82) is 0 Å². The summed E-state index contributed by atoms with van der Waals surface area (Å²) in [7, 11) is 0. The minimum absolute atomic E-state index is 0.316. The molecule has 0 aliphatic heterocycles. The molecule has 0 atom stereocenters. The van der Waals surface area contributed by atoms with Crippen LogP contribution in [0.4, 0.5) is 5.13 Å². The molecule has 0 saturated carbocycles. The minimum Gasteiger partial charge on any atom is -0.490 e. The molecule has 2 aromatic carbocycles. The van der Waals surface area contributed by atoms with Crippen LogP contribution in [0.3, 0.4) is 0 Å². The van der Waals surface area contributed by atoms with Crippen LogP contribution in [0.15, 0.2) is 48.0 Å². The van der Waals surface area contributed by atoms with E-state index in [9.17, 15) is 0 Å². The lowest BCUT2D eigenvalue weighted by molar-refractivity contribution is 0.269. The lowest BCUT2D eigenvalue weighted by Gasteiger charge is -2.16. The highest BCUT2D eigenvalue weighted by atomic mass is 35.5. The Labute approximate surface area is 166 Å². The van der Waals surface area contributed by atoms with Gasteiger partial charge in [-0.1, -0.05) is 41.4 Å². The molecule has 0 aliphatic rings. The number of hydrogen-bond donors (Lipinski definition) is 1. The summed E-state index contributed by atoms with van der Waals surface area (Å²) in [6.07, 6.45) is 1.76. The van der Waals surface area contributed by atoms with Gasteiger partial charge in [-0.3, -0.25) is 0 Å². The van der Waals surface area contributed by atoms with Gasteiger partial charge in [-0.2, -0.15) is 0 Å². The quantitative estimate of drug-likeness (QED) is 0.493. The van der Waals surface area contributed by atoms with Crippen LogP contribution >= 0.6 is 34.5 Å². The highest BCUT2D eigenvalue weighted by Gasteiger charge is 2.14. The van der Waals surface area contributed by atoms with Crippen molar-refractivity contribution in [3.63, 3.8) is 0 Å². The van der Waals surface area contributed by atoms with E-state index in [0.29, 0.717) is 41.3 Å². The maximum Gasteiger partial charge on any atom is 0.182 e. The van der Waals surface area contributed by atoms with Gasteiger partial charge in [0.15, 0.2) is 16.6 Å². The van der Waals surface area contributed by atoms with Crippen molar-refractivity contribution < 1.29 is 9.47 Å². The molecule has 0 bridgehead atoms. The molecular formula is C19H18Cl2N2O2S. The Balaban J connectivity index is 1.76. The predicted molar refractivity (Wildman–Crippen MR) is 108 cm³/mol. The molecule has 0 saturated heterocycles. The first-order valence-electron chi connectivity index (χ1n) is 8.12. The molecular weight excluding hydrogens is 391 g/mol. The summed E-state index contributed by atoms with van der Waals surface area (Å²) >= 11 is 14.2. The maximum atomic E-state index is 6.46. The van der Waals surface area contributed by atoms with Crippen LogP contribution in [0, 0.1) is 0 Å². The molecule has 0 aliphatic carbocycles. The lowest BCUT2D eigenvalue weighted by Crippen LogP contribution is -2.04. The molecule has 0 fully saturated rings. The first-order valence-corrected chi connectivity index (χ1v) is 9.75. The number of halogens is 2. The highest BCUT2D eigenvalue weighted by molar-refractivity contribution is 7.13. The number of rotatable bonds is 8. The van der Waals surface area contributed by atoms with Gasteiger partial charge in [0.25, 0.3) is 0 Å². The van der Waals surface area contributed by atoms with Crippen molar-refractivity contribution in [2.45, 2.75) is 20.1 Å². The van der Waals surface area contributed by atoms with E-state index in [2.05, 4.69) is 10.3 Å². The first kappa shape index (κ1) is 18.8. The number of anilines is 1. The molecule has 0 amide bonds. The van der Waals surface area contributed by atoms with Crippen molar-refractivity contribution in [3.8, 4) is 11.5 Å². The summed E-state index contributed by atoms with van der Waals surface area (Å²) in [6, 6.07) is 11.4. The molecule has 0 unspecified atom stereocenters. The number of benzene rings is 2. The second-order valence-electron chi connectivity index (χ2n) is 5.41. The molecule has 4 nitrogen and oxygen atoms in total. The standard InChI is InChI=1S/C19H18Cl2N2O2S/c1-2-24-17-10-13(11-23-19-22-7-8-26-19)9-16(21)18(17)25-12-14-5-3-4-6-15(14)20/h3-10H,2,11-12H2,1H3,(H,22,23). The van der Waals surface area contributed by atoms with E-state index >= 15 is 0 Å². The van der Waals surface area contributed by atoms with Gasteiger partial charge in [0.2, 0.25) is 0 Å². The molecule has 0 radical (unpaired) electrons. The largest absolute Gasteiger partial charge is 0.490 e. The first-order chi connectivity index (χ1) is 12.7. The Bertz CT molecular complexity index is 857. The average molecular weight is 409 g/mol. The van der Waals surface area contributed by atoms with Crippen molar-refractivity contribution in [2.75, 3.05) is 11.9 Å². The second kappa shape index (κ2) is 9.12. The summed E-state index contributed by atoms with van der Waals surface area (Å²) in [6.45, 7) is 3.35. The maximum absolute atomic E-state index is 6.46. The number of ether oxygens (including phenoxy) is 2. The fraction of sp³-hybridized carbons (Fsp3) is 0.211. The van der Waals surface area contributed by atoms with Crippen LogP contribution in [0.2, 0.25) is 10.0 Å². The van der Waals surface area contributed by atoms with Crippen molar-refractivity contribution in [3.05, 3.63) is 69.1 Å². The van der Waals surface area contributed by atoms with Crippen LogP contribution < -0.4 is 14.8 Å². The third-order valence-electron chi connectivity index (χ3n) is 3.58. The molecule has 136 valence electrons. The fourth-order valence-electron chi connectivity index (χ4n) is 2.38. The van der Waals surface area contributed by atoms with E-state index < -0.39 is 0 Å². The summed E-state index contributed by atoms with van der Waals surface area (Å²) in [4.78, 5) is 4.21. The SMILES string of the molecule is CCOc1cc(CNc2nccs2)cc(Cl)c1OCc1ccccc1Cl. The number of nitrogens with one attached hydrogen (secondary N) is 1. The molecule has 3 rings (SSSR count). The number of nitrogens with zero attached hydrogens (tertiary/aromatic N) is 1. The molecule has 3 aromatic rings. The molecule has 1 N–H and O–H groups in total. The van der Waals surface area contributed by atoms with Crippen LogP contribution in [-0.4, -0.2) is 11.6 Å². The highest BCUT2D eigenvalue weighted by Crippen LogP contribution is 2.37. The summed E-state index contributed by atoms with van der Waals surface area (Å²) in [5, 5.41) is 7.20. The normalized spacial score (nSPS) is 10.6. The van der Waals surface area contributed by atoms with Crippen LogP contribution in [0.1, 0.15) is 18.1 Å². The van der Waals surface area contributed by atoms with Crippen LogP contribution in [0.25, 0.3) is 0 Å². The molecule has 0 spiro atoms. The molecule has 1 heterocycles. The van der Waals surface area contributed by atoms with Gasteiger partial charge in [-0.25, -0.2) is 4.98 Å². The average Bonchev–Trinajstić information content (AvgIpc) is 3.14. The Morgan fingerprint density at radius 2 is 1.96 bits per heavy atom. The van der Waals surface area contributed by atoms with Gasteiger partial charge in [0, 0.05) is 28.7 Å². The summed E-state index contributed by atoms with van der Waals surface area (Å²) < 4.78 is 11.7. The Kier molecular flexibility index (Phi) is 6.61. The third kappa shape index (κ3) is 4.81. The number of aromatic nitrogens is 1. The van der Waals surface area contributed by atoms with Crippen molar-refractivity contribution in [2.24, 2.45) is 0 Å². The van der Waals surface area contributed by atoms with Crippen molar-refractivity contribution in [1.82, 2.24) is 4.98 Å². The topological polar surface area (TPSA) is 43.4 Å². The zero-order valence-electron chi connectivity index (χ0n) is 14.2. The lowest BCUT2D eigenvalue weighted by atomic mass is 10.2. The second-order valence-corrected chi connectivity index (χ2v) is 7.12. The van der Waals surface area contributed by atoms with E-state index in [0.717, 1.165) is 16.3 Å². The Morgan fingerprint density at radius 1 is 1.12 bits per heavy atom. The fourth-order valence-corrected chi connectivity index (χ4v) is 3.39. The number of hydrogen-bond acceptors (Lipinski definition) is 5. The third-order valence-corrected chi connectivity index (χ3v) is 4.96. The van der Waals surface area contributed by atoms with Gasteiger partial charge in [0.05, 0.1) is 11.6 Å². The molecule has 1 aromatic heterocycles. The molecule has 7 heteroatoms. The summed E-state index contributed by atoms with van der Waals surface area (Å²) in [5.41, 5.74) is 1.88.